The molecule has 1 heterocycles. The number of aryl methyl sites for hydroxylation is 1. The number of pyridine rings is 1. The molecule has 1 atom stereocenters. The highest BCUT2D eigenvalue weighted by molar-refractivity contribution is 5.65. The van der Waals surface area contributed by atoms with E-state index in [1.807, 2.05) is 19.2 Å². The molecule has 2 N–H and O–H groups in total. The highest BCUT2D eigenvalue weighted by Gasteiger charge is 2.21. The fourth-order valence-corrected chi connectivity index (χ4v) is 3.25. The van der Waals surface area contributed by atoms with Crippen molar-refractivity contribution in [2.45, 2.75) is 25.2 Å². The lowest BCUT2D eigenvalue weighted by Crippen LogP contribution is -2.28. The van der Waals surface area contributed by atoms with Gasteiger partial charge in [0, 0.05) is 43.3 Å². The van der Waals surface area contributed by atoms with Crippen molar-refractivity contribution < 1.29 is 9.90 Å². The predicted octanol–water partition coefficient (Wildman–Crippen LogP) is 3.54. The maximum absolute atomic E-state index is 10.7. The molecule has 0 bridgehead atoms. The summed E-state index contributed by atoms with van der Waals surface area (Å²) >= 11 is 0. The molecule has 5 nitrogen and oxygen atoms in total. The molecule has 1 aliphatic carbocycles. The molecule has 1 amide bonds. The summed E-state index contributed by atoms with van der Waals surface area (Å²) in [5, 5.41) is 11.3. The van der Waals surface area contributed by atoms with Gasteiger partial charge in [-0.1, -0.05) is 6.07 Å². The number of hydrogen-bond donors (Lipinski definition) is 2. The van der Waals surface area contributed by atoms with Crippen molar-refractivity contribution in [3.8, 4) is 0 Å². The van der Waals surface area contributed by atoms with Crippen molar-refractivity contribution in [2.24, 2.45) is 0 Å². The Bertz CT molecular complexity index is 688. The number of aromatic nitrogens is 1. The van der Waals surface area contributed by atoms with Gasteiger partial charge in [-0.15, -0.1) is 0 Å². The van der Waals surface area contributed by atoms with Crippen LogP contribution in [-0.4, -0.2) is 29.8 Å². The van der Waals surface area contributed by atoms with Gasteiger partial charge >= 0.3 is 6.09 Å². The van der Waals surface area contributed by atoms with Crippen molar-refractivity contribution in [1.29, 1.82) is 0 Å². The standard InChI is InChI=1S/C18H21N3O2/c1-21(15-7-9-19-10-8-15)16-5-6-17-13(11-16)3-2-4-14(17)12-20-18(22)23/h5-11,14,20H,2-4,12H2,1H3,(H,22,23)/t14-/m0/s1. The van der Waals surface area contributed by atoms with E-state index in [1.54, 1.807) is 12.4 Å². The van der Waals surface area contributed by atoms with Gasteiger partial charge in [0.2, 0.25) is 0 Å². The largest absolute Gasteiger partial charge is 0.465 e. The highest BCUT2D eigenvalue weighted by atomic mass is 16.4. The lowest BCUT2D eigenvalue weighted by molar-refractivity contribution is 0.193. The van der Waals surface area contributed by atoms with Crippen LogP contribution in [0.15, 0.2) is 42.7 Å². The van der Waals surface area contributed by atoms with Crippen LogP contribution in [0.25, 0.3) is 0 Å². The summed E-state index contributed by atoms with van der Waals surface area (Å²) < 4.78 is 0. The molecule has 0 radical (unpaired) electrons. The average Bonchev–Trinajstić information content (AvgIpc) is 2.59. The topological polar surface area (TPSA) is 65.5 Å². The Morgan fingerprint density at radius 3 is 2.83 bits per heavy atom. The summed E-state index contributed by atoms with van der Waals surface area (Å²) in [5.41, 5.74) is 4.84. The van der Waals surface area contributed by atoms with Gasteiger partial charge in [-0.2, -0.15) is 0 Å². The number of carbonyl (C=O) groups is 1. The van der Waals surface area contributed by atoms with E-state index < -0.39 is 6.09 Å². The molecule has 0 saturated heterocycles. The number of amides is 1. The molecular weight excluding hydrogens is 290 g/mol. The monoisotopic (exact) mass is 311 g/mol. The van der Waals surface area contributed by atoms with Gasteiger partial charge in [0.25, 0.3) is 0 Å². The normalized spacial score (nSPS) is 16.5. The van der Waals surface area contributed by atoms with Crippen LogP contribution in [0.2, 0.25) is 0 Å². The number of carboxylic acid groups (broad SMARTS) is 1. The van der Waals surface area contributed by atoms with E-state index in [9.17, 15) is 4.79 Å². The smallest absolute Gasteiger partial charge is 0.404 e. The lowest BCUT2D eigenvalue weighted by Gasteiger charge is -2.28. The Balaban J connectivity index is 1.83. The molecule has 0 fully saturated rings. The summed E-state index contributed by atoms with van der Waals surface area (Å²) in [5.74, 6) is 0.273. The van der Waals surface area contributed by atoms with Crippen molar-refractivity contribution in [2.75, 3.05) is 18.5 Å². The number of nitrogens with one attached hydrogen (secondary N) is 1. The fourth-order valence-electron chi connectivity index (χ4n) is 3.25. The van der Waals surface area contributed by atoms with Crippen LogP contribution in [0.3, 0.4) is 0 Å². The Morgan fingerprint density at radius 1 is 1.30 bits per heavy atom. The molecule has 1 aliphatic rings. The highest BCUT2D eigenvalue weighted by Crippen LogP contribution is 2.34. The Kier molecular flexibility index (Phi) is 4.46. The molecule has 3 rings (SSSR count). The lowest BCUT2D eigenvalue weighted by atomic mass is 9.82. The molecule has 0 saturated carbocycles. The summed E-state index contributed by atoms with van der Waals surface area (Å²) in [6.45, 7) is 0.488. The minimum Gasteiger partial charge on any atom is -0.465 e. The molecule has 0 unspecified atom stereocenters. The molecule has 5 heteroatoms. The molecule has 1 aromatic carbocycles. The van der Waals surface area contributed by atoms with Crippen LogP contribution in [0.4, 0.5) is 16.2 Å². The zero-order valence-corrected chi connectivity index (χ0v) is 13.2. The van der Waals surface area contributed by atoms with Crippen LogP contribution in [0.5, 0.6) is 0 Å². The van der Waals surface area contributed by atoms with E-state index in [2.05, 4.69) is 33.4 Å². The van der Waals surface area contributed by atoms with Gasteiger partial charge in [-0.05, 0) is 54.7 Å². The fraction of sp³-hybridized carbons (Fsp3) is 0.333. The second kappa shape index (κ2) is 6.69. The third-order valence-corrected chi connectivity index (χ3v) is 4.50. The van der Waals surface area contributed by atoms with Gasteiger partial charge in [-0.25, -0.2) is 4.79 Å². The van der Waals surface area contributed by atoms with Crippen molar-refractivity contribution >= 4 is 17.5 Å². The van der Waals surface area contributed by atoms with Crippen LogP contribution < -0.4 is 10.2 Å². The number of nitrogens with zero attached hydrogens (tertiary/aromatic N) is 2. The Hall–Kier alpha value is -2.56. The maximum atomic E-state index is 10.7. The van der Waals surface area contributed by atoms with E-state index in [0.717, 1.165) is 30.6 Å². The first kappa shape index (κ1) is 15.3. The molecule has 0 spiro atoms. The molecule has 0 aliphatic heterocycles. The average molecular weight is 311 g/mol. The number of anilines is 2. The quantitative estimate of drug-likeness (QED) is 0.906. The van der Waals surface area contributed by atoms with Gasteiger partial charge in [-0.3, -0.25) is 4.98 Å². The zero-order valence-electron chi connectivity index (χ0n) is 13.2. The minimum atomic E-state index is -0.953. The molecule has 2 aromatic rings. The van der Waals surface area contributed by atoms with E-state index >= 15 is 0 Å². The summed E-state index contributed by atoms with van der Waals surface area (Å²) in [6.07, 6.45) is 5.81. The van der Waals surface area contributed by atoms with Gasteiger partial charge in [0.15, 0.2) is 0 Å². The van der Waals surface area contributed by atoms with Crippen LogP contribution >= 0.6 is 0 Å². The van der Waals surface area contributed by atoms with Crippen LogP contribution in [-0.2, 0) is 6.42 Å². The first-order valence-electron chi connectivity index (χ1n) is 7.88. The number of benzene rings is 1. The Morgan fingerprint density at radius 2 is 2.09 bits per heavy atom. The molecule has 1 aromatic heterocycles. The molecular formula is C18H21N3O2. The maximum Gasteiger partial charge on any atom is 0.404 e. The van der Waals surface area contributed by atoms with E-state index in [-0.39, 0.29) is 5.92 Å². The predicted molar refractivity (Wildman–Crippen MR) is 90.4 cm³/mol. The van der Waals surface area contributed by atoms with Gasteiger partial charge < -0.3 is 15.3 Å². The van der Waals surface area contributed by atoms with Crippen molar-refractivity contribution in [1.82, 2.24) is 10.3 Å². The SMILES string of the molecule is CN(c1ccncc1)c1ccc2c(c1)CCC[C@H]2CNC(=O)O. The molecule has 23 heavy (non-hydrogen) atoms. The van der Waals surface area contributed by atoms with Gasteiger partial charge in [0.1, 0.15) is 0 Å². The number of hydrogen-bond acceptors (Lipinski definition) is 3. The number of rotatable bonds is 4. The van der Waals surface area contributed by atoms with Crippen molar-refractivity contribution in [3.05, 3.63) is 53.9 Å². The second-order valence-corrected chi connectivity index (χ2v) is 5.92. The van der Waals surface area contributed by atoms with E-state index in [1.165, 1.54) is 11.1 Å². The second-order valence-electron chi connectivity index (χ2n) is 5.92. The van der Waals surface area contributed by atoms with Crippen LogP contribution in [0, 0.1) is 0 Å². The third-order valence-electron chi connectivity index (χ3n) is 4.50. The first-order chi connectivity index (χ1) is 11.1. The summed E-state index contributed by atoms with van der Waals surface area (Å²) in [7, 11) is 2.04. The van der Waals surface area contributed by atoms with E-state index in [4.69, 9.17) is 5.11 Å². The van der Waals surface area contributed by atoms with E-state index in [0.29, 0.717) is 6.54 Å². The zero-order chi connectivity index (χ0) is 16.2. The summed E-state index contributed by atoms with van der Waals surface area (Å²) in [6, 6.07) is 10.5. The summed E-state index contributed by atoms with van der Waals surface area (Å²) in [4.78, 5) is 16.9. The third kappa shape index (κ3) is 3.44. The first-order valence-corrected chi connectivity index (χ1v) is 7.88. The Labute approximate surface area is 136 Å². The number of fused-ring (bicyclic) bond motifs is 1. The minimum absolute atomic E-state index is 0.273. The molecule has 120 valence electrons. The van der Waals surface area contributed by atoms with Crippen molar-refractivity contribution in [3.63, 3.8) is 0 Å². The van der Waals surface area contributed by atoms with Gasteiger partial charge in [0.05, 0.1) is 0 Å². The van der Waals surface area contributed by atoms with Crippen LogP contribution in [0.1, 0.15) is 29.9 Å².